The van der Waals surface area contributed by atoms with E-state index in [1.807, 2.05) is 48.7 Å². The van der Waals surface area contributed by atoms with Crippen LogP contribution in [0, 0.1) is 0 Å². The second-order valence-corrected chi connectivity index (χ2v) is 5.93. The van der Waals surface area contributed by atoms with E-state index in [2.05, 4.69) is 15.3 Å². The summed E-state index contributed by atoms with van der Waals surface area (Å²) in [4.78, 5) is 19.9. The minimum absolute atomic E-state index is 0.245. The summed E-state index contributed by atoms with van der Waals surface area (Å²) in [6.45, 7) is 0.303. The molecule has 1 unspecified atom stereocenters. The molecular formula is C20H18N4O2. The van der Waals surface area contributed by atoms with Crippen LogP contribution in [-0.4, -0.2) is 22.4 Å². The van der Waals surface area contributed by atoms with E-state index in [4.69, 9.17) is 10.2 Å². The van der Waals surface area contributed by atoms with Crippen molar-refractivity contribution in [3.63, 3.8) is 0 Å². The third-order valence-corrected chi connectivity index (χ3v) is 4.30. The Balaban J connectivity index is 1.58. The number of H-pyrrole nitrogens is 1. The average molecular weight is 346 g/mol. The first-order valence-electron chi connectivity index (χ1n) is 8.34. The molecule has 6 heteroatoms. The van der Waals surface area contributed by atoms with Crippen LogP contribution in [0.25, 0.3) is 22.4 Å². The summed E-state index contributed by atoms with van der Waals surface area (Å²) in [5.74, 6) is 0.566. The molecule has 0 aliphatic heterocycles. The summed E-state index contributed by atoms with van der Waals surface area (Å²) in [5, 5.41) is 3.86. The number of furan rings is 1. The minimum atomic E-state index is -0.296. The summed E-state index contributed by atoms with van der Waals surface area (Å²) in [5.41, 5.74) is 8.44. The molecule has 6 nitrogen and oxygen atoms in total. The molecule has 1 aromatic carbocycles. The number of hydrogen-bond acceptors (Lipinski definition) is 4. The zero-order chi connectivity index (χ0) is 17.9. The quantitative estimate of drug-likeness (QED) is 0.517. The lowest BCUT2D eigenvalue weighted by Crippen LogP contribution is -2.33. The zero-order valence-corrected chi connectivity index (χ0v) is 14.0. The minimum Gasteiger partial charge on any atom is -0.451 e. The molecule has 0 aliphatic carbocycles. The van der Waals surface area contributed by atoms with Gasteiger partial charge in [0.1, 0.15) is 11.4 Å². The highest BCUT2D eigenvalue weighted by Gasteiger charge is 2.18. The zero-order valence-electron chi connectivity index (χ0n) is 14.0. The molecule has 0 spiro atoms. The number of fused-ring (bicyclic) bond motifs is 1. The molecule has 0 saturated carbocycles. The van der Waals surface area contributed by atoms with Crippen LogP contribution in [0.3, 0.4) is 0 Å². The number of amides is 1. The number of nitrogens with one attached hydrogen (secondary N) is 2. The standard InChI is InChI=1S/C20H18N4O2/c21-12-16(13-4-2-1-3-5-13)24-20(25)18-7-6-17(26-18)14-8-10-22-19-15(14)9-11-23-19/h1-11,16H,12,21H2,(H,22,23)(H,24,25). The number of benzene rings is 1. The fraction of sp³-hybridized carbons (Fsp3) is 0.100. The first kappa shape index (κ1) is 16.1. The van der Waals surface area contributed by atoms with Crippen LogP contribution in [0.1, 0.15) is 22.2 Å². The number of nitrogens with zero attached hydrogens (tertiary/aromatic N) is 1. The van der Waals surface area contributed by atoms with Gasteiger partial charge in [0.05, 0.1) is 6.04 Å². The molecular weight excluding hydrogens is 328 g/mol. The van der Waals surface area contributed by atoms with Crippen molar-refractivity contribution in [3.8, 4) is 11.3 Å². The van der Waals surface area contributed by atoms with Crippen LogP contribution >= 0.6 is 0 Å². The maximum absolute atomic E-state index is 12.6. The van der Waals surface area contributed by atoms with Crippen molar-refractivity contribution < 1.29 is 9.21 Å². The Bertz CT molecular complexity index is 1040. The van der Waals surface area contributed by atoms with Crippen LogP contribution in [0.2, 0.25) is 0 Å². The van der Waals surface area contributed by atoms with Gasteiger partial charge in [0, 0.05) is 29.9 Å². The lowest BCUT2D eigenvalue weighted by Gasteiger charge is -2.16. The largest absolute Gasteiger partial charge is 0.451 e. The van der Waals surface area contributed by atoms with Gasteiger partial charge in [-0.05, 0) is 29.8 Å². The van der Waals surface area contributed by atoms with Gasteiger partial charge >= 0.3 is 0 Å². The van der Waals surface area contributed by atoms with Crippen LogP contribution in [-0.2, 0) is 0 Å². The van der Waals surface area contributed by atoms with Crippen molar-refractivity contribution in [2.24, 2.45) is 5.73 Å². The molecule has 4 N–H and O–H groups in total. The first-order chi connectivity index (χ1) is 12.8. The Labute approximate surface area is 150 Å². The molecule has 4 aromatic rings. The van der Waals surface area contributed by atoms with Gasteiger partial charge in [-0.25, -0.2) is 4.98 Å². The second kappa shape index (κ2) is 6.85. The summed E-state index contributed by atoms with van der Waals surface area (Å²) >= 11 is 0. The molecule has 0 aliphatic rings. The molecule has 4 rings (SSSR count). The molecule has 0 fully saturated rings. The number of pyridine rings is 1. The predicted molar refractivity (Wildman–Crippen MR) is 99.5 cm³/mol. The summed E-state index contributed by atoms with van der Waals surface area (Å²) in [6.07, 6.45) is 3.53. The van der Waals surface area contributed by atoms with Gasteiger partial charge in [-0.15, -0.1) is 0 Å². The van der Waals surface area contributed by atoms with Crippen LogP contribution in [0.4, 0.5) is 0 Å². The van der Waals surface area contributed by atoms with Crippen molar-refractivity contribution in [1.82, 2.24) is 15.3 Å². The topological polar surface area (TPSA) is 96.9 Å². The lowest BCUT2D eigenvalue weighted by atomic mass is 10.1. The summed E-state index contributed by atoms with van der Waals surface area (Å²) in [7, 11) is 0. The predicted octanol–water partition coefficient (Wildman–Crippen LogP) is 3.25. The monoisotopic (exact) mass is 346 g/mol. The van der Waals surface area contributed by atoms with Crippen LogP contribution in [0.5, 0.6) is 0 Å². The van der Waals surface area contributed by atoms with E-state index in [9.17, 15) is 4.79 Å². The number of rotatable bonds is 5. The Kier molecular flexibility index (Phi) is 4.25. The number of nitrogens with two attached hydrogens (primary N) is 1. The van der Waals surface area contributed by atoms with Crippen molar-refractivity contribution in [1.29, 1.82) is 0 Å². The van der Waals surface area contributed by atoms with E-state index in [0.29, 0.717) is 12.3 Å². The average Bonchev–Trinajstić information content (AvgIpc) is 3.35. The Morgan fingerprint density at radius 2 is 2.00 bits per heavy atom. The van der Waals surface area contributed by atoms with Crippen molar-refractivity contribution in [2.45, 2.75) is 6.04 Å². The fourth-order valence-corrected chi connectivity index (χ4v) is 2.97. The fourth-order valence-electron chi connectivity index (χ4n) is 2.97. The van der Waals surface area contributed by atoms with Gasteiger partial charge in [-0.3, -0.25) is 4.79 Å². The third-order valence-electron chi connectivity index (χ3n) is 4.30. The van der Waals surface area contributed by atoms with Gasteiger partial charge in [0.2, 0.25) is 0 Å². The van der Waals surface area contributed by atoms with E-state index in [1.54, 1.807) is 18.3 Å². The number of aromatic nitrogens is 2. The smallest absolute Gasteiger partial charge is 0.287 e. The van der Waals surface area contributed by atoms with Crippen molar-refractivity contribution >= 4 is 16.9 Å². The SMILES string of the molecule is NCC(NC(=O)c1ccc(-c2ccnc3[nH]ccc23)o1)c1ccccc1. The molecule has 0 radical (unpaired) electrons. The molecule has 26 heavy (non-hydrogen) atoms. The lowest BCUT2D eigenvalue weighted by molar-refractivity contribution is 0.0910. The van der Waals surface area contributed by atoms with Crippen LogP contribution < -0.4 is 11.1 Å². The van der Waals surface area contributed by atoms with Gasteiger partial charge in [-0.1, -0.05) is 30.3 Å². The molecule has 1 amide bonds. The summed E-state index contributed by atoms with van der Waals surface area (Å²) in [6, 6.07) is 16.6. The Morgan fingerprint density at radius 1 is 1.15 bits per heavy atom. The van der Waals surface area contributed by atoms with Crippen molar-refractivity contribution in [3.05, 3.63) is 78.3 Å². The molecule has 3 aromatic heterocycles. The highest BCUT2D eigenvalue weighted by Crippen LogP contribution is 2.28. The third kappa shape index (κ3) is 2.98. The number of carbonyl (C=O) groups excluding carboxylic acids is 1. The summed E-state index contributed by atoms with van der Waals surface area (Å²) < 4.78 is 5.80. The normalized spacial score (nSPS) is 12.2. The highest BCUT2D eigenvalue weighted by molar-refractivity contribution is 5.94. The van der Waals surface area contributed by atoms with Gasteiger partial charge < -0.3 is 20.5 Å². The van der Waals surface area contributed by atoms with E-state index in [-0.39, 0.29) is 17.7 Å². The van der Waals surface area contributed by atoms with Gasteiger partial charge in [0.25, 0.3) is 5.91 Å². The second-order valence-electron chi connectivity index (χ2n) is 5.93. The van der Waals surface area contributed by atoms with Crippen molar-refractivity contribution in [2.75, 3.05) is 6.54 Å². The Morgan fingerprint density at radius 3 is 2.81 bits per heavy atom. The molecule has 0 saturated heterocycles. The number of aromatic amines is 1. The Hall–Kier alpha value is -3.38. The molecule has 130 valence electrons. The van der Waals surface area contributed by atoms with E-state index < -0.39 is 0 Å². The molecule has 3 heterocycles. The first-order valence-corrected chi connectivity index (χ1v) is 8.34. The highest BCUT2D eigenvalue weighted by atomic mass is 16.3. The van der Waals surface area contributed by atoms with E-state index in [0.717, 1.165) is 22.2 Å². The van der Waals surface area contributed by atoms with Crippen LogP contribution in [0.15, 0.2) is 71.4 Å². The number of hydrogen-bond donors (Lipinski definition) is 3. The number of carbonyl (C=O) groups is 1. The molecule has 1 atom stereocenters. The van der Waals surface area contributed by atoms with E-state index >= 15 is 0 Å². The van der Waals surface area contributed by atoms with Gasteiger partial charge in [-0.2, -0.15) is 0 Å². The maximum Gasteiger partial charge on any atom is 0.287 e. The molecule has 0 bridgehead atoms. The maximum atomic E-state index is 12.6. The van der Waals surface area contributed by atoms with E-state index in [1.165, 1.54) is 0 Å². The van der Waals surface area contributed by atoms with Gasteiger partial charge in [0.15, 0.2) is 5.76 Å².